The molecule has 1 aliphatic rings. The summed E-state index contributed by atoms with van der Waals surface area (Å²) in [5.74, 6) is 0.0359. The number of carbonyl (C=O) groups excluding carboxylic acids is 2. The number of hydrogen-bond acceptors (Lipinski definition) is 3. The van der Waals surface area contributed by atoms with E-state index in [4.69, 9.17) is 0 Å². The standard InChI is InChI=1S/C14H17BrN2O2S/c1-10(18)17-8-6-11(7-9-17)16-14(19)5-3-12-2-4-13(15)20-12/h2-5,11H,6-9H2,1H3,(H,16,19)/b5-3+. The number of amides is 2. The lowest BCUT2D eigenvalue weighted by atomic mass is 10.1. The zero-order valence-electron chi connectivity index (χ0n) is 11.3. The van der Waals surface area contributed by atoms with Crippen LogP contribution in [0.2, 0.25) is 0 Å². The zero-order valence-corrected chi connectivity index (χ0v) is 13.7. The van der Waals surface area contributed by atoms with E-state index in [1.807, 2.05) is 23.1 Å². The summed E-state index contributed by atoms with van der Waals surface area (Å²) in [6.07, 6.45) is 5.03. The van der Waals surface area contributed by atoms with Crippen molar-refractivity contribution in [1.29, 1.82) is 0 Å². The first-order valence-electron chi connectivity index (χ1n) is 6.54. The molecule has 108 valence electrons. The van der Waals surface area contributed by atoms with E-state index in [2.05, 4.69) is 21.2 Å². The highest BCUT2D eigenvalue weighted by Crippen LogP contribution is 2.22. The average Bonchev–Trinajstić information content (AvgIpc) is 2.83. The van der Waals surface area contributed by atoms with E-state index >= 15 is 0 Å². The minimum atomic E-state index is -0.0733. The van der Waals surface area contributed by atoms with Gasteiger partial charge >= 0.3 is 0 Å². The van der Waals surface area contributed by atoms with E-state index < -0.39 is 0 Å². The summed E-state index contributed by atoms with van der Waals surface area (Å²) in [5, 5.41) is 2.98. The molecule has 0 saturated carbocycles. The fraction of sp³-hybridized carbons (Fsp3) is 0.429. The van der Waals surface area contributed by atoms with Gasteiger partial charge in [0.05, 0.1) is 3.79 Å². The van der Waals surface area contributed by atoms with Crippen molar-refractivity contribution in [3.05, 3.63) is 26.9 Å². The molecule has 1 aromatic rings. The van der Waals surface area contributed by atoms with Gasteiger partial charge in [-0.05, 0) is 47.0 Å². The molecule has 0 spiro atoms. The van der Waals surface area contributed by atoms with Crippen LogP contribution in [0.5, 0.6) is 0 Å². The first-order chi connectivity index (χ1) is 9.54. The molecular weight excluding hydrogens is 340 g/mol. The fourth-order valence-corrected chi connectivity index (χ4v) is 3.49. The molecule has 2 heterocycles. The van der Waals surface area contributed by atoms with Crippen molar-refractivity contribution in [2.75, 3.05) is 13.1 Å². The number of nitrogens with zero attached hydrogens (tertiary/aromatic N) is 1. The summed E-state index contributed by atoms with van der Waals surface area (Å²) < 4.78 is 1.05. The smallest absolute Gasteiger partial charge is 0.244 e. The second-order valence-electron chi connectivity index (χ2n) is 4.76. The minimum absolute atomic E-state index is 0.0733. The Labute approximate surface area is 131 Å². The lowest BCUT2D eigenvalue weighted by molar-refractivity contribution is -0.129. The van der Waals surface area contributed by atoms with Gasteiger partial charge in [-0.3, -0.25) is 9.59 Å². The molecule has 0 atom stereocenters. The molecule has 1 fully saturated rings. The Bertz CT molecular complexity index is 519. The van der Waals surface area contributed by atoms with Gasteiger partial charge < -0.3 is 10.2 Å². The molecule has 1 saturated heterocycles. The van der Waals surface area contributed by atoms with Crippen LogP contribution in [0.25, 0.3) is 6.08 Å². The Hall–Kier alpha value is -1.14. The summed E-state index contributed by atoms with van der Waals surface area (Å²) in [6.45, 7) is 3.03. The van der Waals surface area contributed by atoms with E-state index in [-0.39, 0.29) is 17.9 Å². The van der Waals surface area contributed by atoms with Crippen LogP contribution < -0.4 is 5.32 Å². The Kier molecular flexibility index (Phi) is 5.37. The molecule has 0 unspecified atom stereocenters. The lowest BCUT2D eigenvalue weighted by Crippen LogP contribution is -2.45. The third kappa shape index (κ3) is 4.45. The summed E-state index contributed by atoms with van der Waals surface area (Å²) in [4.78, 5) is 25.9. The number of piperidine rings is 1. The number of halogens is 1. The lowest BCUT2D eigenvalue weighted by Gasteiger charge is -2.31. The molecule has 1 aliphatic heterocycles. The highest BCUT2D eigenvalue weighted by molar-refractivity contribution is 9.11. The number of nitrogens with one attached hydrogen (secondary N) is 1. The third-order valence-electron chi connectivity index (χ3n) is 3.28. The Morgan fingerprint density at radius 1 is 1.40 bits per heavy atom. The molecule has 0 aromatic carbocycles. The molecule has 4 nitrogen and oxygen atoms in total. The zero-order chi connectivity index (χ0) is 14.5. The van der Waals surface area contributed by atoms with Gasteiger partial charge in [-0.1, -0.05) is 0 Å². The average molecular weight is 357 g/mol. The molecule has 2 amide bonds. The quantitative estimate of drug-likeness (QED) is 0.846. The normalized spacial score (nSPS) is 16.6. The van der Waals surface area contributed by atoms with Crippen molar-refractivity contribution in [2.45, 2.75) is 25.8 Å². The van der Waals surface area contributed by atoms with Gasteiger partial charge in [-0.15, -0.1) is 11.3 Å². The van der Waals surface area contributed by atoms with E-state index in [9.17, 15) is 9.59 Å². The van der Waals surface area contributed by atoms with Gasteiger partial charge in [0.1, 0.15) is 0 Å². The van der Waals surface area contributed by atoms with Crippen molar-refractivity contribution >= 4 is 45.2 Å². The van der Waals surface area contributed by atoms with Crippen LogP contribution in [0.3, 0.4) is 0 Å². The van der Waals surface area contributed by atoms with Crippen molar-refractivity contribution in [3.63, 3.8) is 0 Å². The SMILES string of the molecule is CC(=O)N1CCC(NC(=O)/C=C/c2ccc(Br)s2)CC1. The van der Waals surface area contributed by atoms with Crippen molar-refractivity contribution in [3.8, 4) is 0 Å². The number of hydrogen-bond donors (Lipinski definition) is 1. The predicted molar refractivity (Wildman–Crippen MR) is 84.5 cm³/mol. The van der Waals surface area contributed by atoms with E-state index in [1.54, 1.807) is 24.3 Å². The number of thiophene rings is 1. The molecule has 20 heavy (non-hydrogen) atoms. The van der Waals surface area contributed by atoms with Crippen LogP contribution in [0.15, 0.2) is 22.0 Å². The monoisotopic (exact) mass is 356 g/mol. The Morgan fingerprint density at radius 3 is 2.65 bits per heavy atom. The maximum atomic E-state index is 11.8. The summed E-state index contributed by atoms with van der Waals surface area (Å²) in [6, 6.07) is 4.08. The molecule has 0 aliphatic carbocycles. The fourth-order valence-electron chi connectivity index (χ4n) is 2.16. The summed E-state index contributed by atoms with van der Waals surface area (Å²) >= 11 is 4.97. The highest BCUT2D eigenvalue weighted by atomic mass is 79.9. The Morgan fingerprint density at radius 2 is 2.10 bits per heavy atom. The molecule has 2 rings (SSSR count). The van der Waals surface area contributed by atoms with Crippen molar-refractivity contribution in [2.24, 2.45) is 0 Å². The van der Waals surface area contributed by atoms with E-state index in [0.717, 1.165) is 34.6 Å². The first-order valence-corrected chi connectivity index (χ1v) is 8.15. The topological polar surface area (TPSA) is 49.4 Å². The number of carbonyl (C=O) groups is 2. The molecule has 1 N–H and O–H groups in total. The van der Waals surface area contributed by atoms with Gasteiger partial charge in [0.15, 0.2) is 0 Å². The Balaban J connectivity index is 1.78. The molecule has 0 bridgehead atoms. The van der Waals surface area contributed by atoms with Gasteiger partial charge in [-0.25, -0.2) is 0 Å². The summed E-state index contributed by atoms with van der Waals surface area (Å²) in [7, 11) is 0. The second kappa shape index (κ2) is 7.04. The predicted octanol–water partition coefficient (Wildman–Crippen LogP) is 2.65. The van der Waals surface area contributed by atoms with E-state index in [1.165, 1.54) is 0 Å². The third-order valence-corrected chi connectivity index (χ3v) is 4.87. The van der Waals surface area contributed by atoms with Gasteiger partial charge in [0.25, 0.3) is 0 Å². The molecule has 0 radical (unpaired) electrons. The number of likely N-dealkylation sites (tertiary alicyclic amines) is 1. The first kappa shape index (κ1) is 15.3. The van der Waals surface area contributed by atoms with Crippen LogP contribution in [-0.4, -0.2) is 35.8 Å². The van der Waals surface area contributed by atoms with Gasteiger partial charge in [-0.2, -0.15) is 0 Å². The highest BCUT2D eigenvalue weighted by Gasteiger charge is 2.21. The molecular formula is C14H17BrN2O2S. The van der Waals surface area contributed by atoms with Gasteiger partial charge in [0, 0.05) is 37.0 Å². The van der Waals surface area contributed by atoms with Crippen LogP contribution in [-0.2, 0) is 9.59 Å². The second-order valence-corrected chi connectivity index (χ2v) is 7.26. The van der Waals surface area contributed by atoms with Crippen molar-refractivity contribution in [1.82, 2.24) is 10.2 Å². The minimum Gasteiger partial charge on any atom is -0.350 e. The molecule has 6 heteroatoms. The van der Waals surface area contributed by atoms with Crippen LogP contribution >= 0.6 is 27.3 Å². The van der Waals surface area contributed by atoms with Crippen LogP contribution in [0.4, 0.5) is 0 Å². The number of rotatable bonds is 3. The maximum absolute atomic E-state index is 11.8. The largest absolute Gasteiger partial charge is 0.350 e. The summed E-state index contributed by atoms with van der Waals surface area (Å²) in [5.41, 5.74) is 0. The van der Waals surface area contributed by atoms with E-state index in [0.29, 0.717) is 0 Å². The molecule has 1 aromatic heterocycles. The van der Waals surface area contributed by atoms with Crippen LogP contribution in [0.1, 0.15) is 24.6 Å². The van der Waals surface area contributed by atoms with Crippen LogP contribution in [0, 0.1) is 0 Å². The van der Waals surface area contributed by atoms with Crippen molar-refractivity contribution < 1.29 is 9.59 Å². The maximum Gasteiger partial charge on any atom is 0.244 e. The van der Waals surface area contributed by atoms with Gasteiger partial charge in [0.2, 0.25) is 11.8 Å².